The second kappa shape index (κ2) is 8.14. The molecule has 2 saturated heterocycles. The van der Waals surface area contributed by atoms with Gasteiger partial charge in [-0.1, -0.05) is 0 Å². The number of rotatable bonds is 5. The van der Waals surface area contributed by atoms with E-state index < -0.39 is 4.92 Å². The van der Waals surface area contributed by atoms with Crippen LogP contribution in [0.4, 0.5) is 5.69 Å². The molecular weight excluding hydrogens is 318 g/mol. The van der Waals surface area contributed by atoms with Crippen molar-refractivity contribution in [2.75, 3.05) is 26.2 Å². The molecule has 0 bridgehead atoms. The first kappa shape index (κ1) is 17.5. The van der Waals surface area contributed by atoms with Crippen LogP contribution in [-0.2, 0) is 0 Å². The van der Waals surface area contributed by atoms with Crippen molar-refractivity contribution in [3.63, 3.8) is 0 Å². The lowest BCUT2D eigenvalue weighted by atomic mass is 10.1. The second-order valence-electron chi connectivity index (χ2n) is 6.77. The highest BCUT2D eigenvalue weighted by Gasteiger charge is 2.22. The smallest absolute Gasteiger partial charge is 0.269 e. The van der Waals surface area contributed by atoms with E-state index in [0.717, 1.165) is 57.7 Å². The number of ketones is 1. The van der Waals surface area contributed by atoms with Gasteiger partial charge in [0.05, 0.1) is 4.92 Å². The van der Waals surface area contributed by atoms with Crippen molar-refractivity contribution in [3.8, 4) is 0 Å². The first-order chi connectivity index (χ1) is 12.1. The number of nitrogens with zero attached hydrogens (tertiary/aromatic N) is 3. The maximum absolute atomic E-state index is 12.7. The van der Waals surface area contributed by atoms with Gasteiger partial charge in [-0.05, 0) is 50.7 Å². The topological polar surface area (TPSA) is 66.7 Å². The van der Waals surface area contributed by atoms with Crippen LogP contribution in [0.15, 0.2) is 36.2 Å². The standard InChI is InChI=1S/C19H25N3O3/c23-18(16-7-9-17(10-8-16)22(24)25)15-19(20-11-3-1-4-12-20)21-13-5-2-6-14-21/h7-10,15H,1-6,11-14H2. The Morgan fingerprint density at radius 2 is 1.36 bits per heavy atom. The van der Waals surface area contributed by atoms with Gasteiger partial charge < -0.3 is 9.80 Å². The highest BCUT2D eigenvalue weighted by Crippen LogP contribution is 2.23. The summed E-state index contributed by atoms with van der Waals surface area (Å²) in [6.07, 6.45) is 8.89. The van der Waals surface area contributed by atoms with Gasteiger partial charge in [-0.25, -0.2) is 0 Å². The van der Waals surface area contributed by atoms with E-state index in [1.807, 2.05) is 0 Å². The van der Waals surface area contributed by atoms with Crippen molar-refractivity contribution in [2.24, 2.45) is 0 Å². The Hall–Kier alpha value is -2.37. The van der Waals surface area contributed by atoms with Gasteiger partial charge in [0.2, 0.25) is 0 Å². The second-order valence-corrected chi connectivity index (χ2v) is 6.77. The Balaban J connectivity index is 1.82. The molecule has 3 rings (SSSR count). The molecule has 134 valence electrons. The lowest BCUT2D eigenvalue weighted by molar-refractivity contribution is -0.384. The van der Waals surface area contributed by atoms with Crippen molar-refractivity contribution in [1.82, 2.24) is 9.80 Å². The lowest BCUT2D eigenvalue weighted by Crippen LogP contribution is -2.41. The third kappa shape index (κ3) is 4.38. The van der Waals surface area contributed by atoms with Gasteiger partial charge in [-0.3, -0.25) is 14.9 Å². The monoisotopic (exact) mass is 343 g/mol. The van der Waals surface area contributed by atoms with Crippen LogP contribution in [0.2, 0.25) is 0 Å². The van der Waals surface area contributed by atoms with Crippen molar-refractivity contribution in [3.05, 3.63) is 51.8 Å². The molecule has 0 radical (unpaired) electrons. The SMILES string of the molecule is O=C(C=C(N1CCCCC1)N1CCCCC1)c1ccc([N+](=O)[O-])cc1. The average Bonchev–Trinajstić information content (AvgIpc) is 2.67. The molecule has 2 aliphatic heterocycles. The Labute approximate surface area is 148 Å². The fourth-order valence-electron chi connectivity index (χ4n) is 3.58. The van der Waals surface area contributed by atoms with Crippen molar-refractivity contribution >= 4 is 11.5 Å². The van der Waals surface area contributed by atoms with E-state index >= 15 is 0 Å². The summed E-state index contributed by atoms with van der Waals surface area (Å²) in [6.45, 7) is 3.98. The third-order valence-corrected chi connectivity index (χ3v) is 4.98. The molecule has 0 spiro atoms. The summed E-state index contributed by atoms with van der Waals surface area (Å²) in [5, 5.41) is 10.8. The molecule has 0 aliphatic carbocycles. The van der Waals surface area contributed by atoms with Gasteiger partial charge in [0.1, 0.15) is 5.82 Å². The molecule has 6 heteroatoms. The zero-order valence-corrected chi connectivity index (χ0v) is 14.5. The van der Waals surface area contributed by atoms with E-state index in [1.54, 1.807) is 18.2 Å². The molecule has 1 aromatic rings. The summed E-state index contributed by atoms with van der Waals surface area (Å²) in [4.78, 5) is 27.7. The summed E-state index contributed by atoms with van der Waals surface area (Å²) in [5.74, 6) is 0.948. The highest BCUT2D eigenvalue weighted by molar-refractivity contribution is 6.04. The minimum atomic E-state index is -0.447. The molecule has 6 nitrogen and oxygen atoms in total. The number of nitro groups is 1. The van der Waals surface area contributed by atoms with Crippen LogP contribution in [0.3, 0.4) is 0 Å². The number of hydrogen-bond acceptors (Lipinski definition) is 5. The average molecular weight is 343 g/mol. The lowest BCUT2D eigenvalue weighted by Gasteiger charge is -2.39. The fourth-order valence-corrected chi connectivity index (χ4v) is 3.58. The number of piperidine rings is 2. The predicted molar refractivity (Wildman–Crippen MR) is 96.4 cm³/mol. The van der Waals surface area contributed by atoms with Gasteiger partial charge in [0.15, 0.2) is 5.78 Å². The van der Waals surface area contributed by atoms with Crippen LogP contribution in [0.5, 0.6) is 0 Å². The van der Waals surface area contributed by atoms with Crippen molar-refractivity contribution in [1.29, 1.82) is 0 Å². The quantitative estimate of drug-likeness (QED) is 0.354. The first-order valence-corrected chi connectivity index (χ1v) is 9.15. The summed E-state index contributed by atoms with van der Waals surface area (Å²) in [6, 6.07) is 5.87. The Kier molecular flexibility index (Phi) is 5.68. The van der Waals surface area contributed by atoms with Crippen LogP contribution in [0.1, 0.15) is 48.9 Å². The van der Waals surface area contributed by atoms with E-state index in [0.29, 0.717) is 5.56 Å². The van der Waals surface area contributed by atoms with E-state index in [4.69, 9.17) is 0 Å². The normalized spacial score (nSPS) is 17.9. The first-order valence-electron chi connectivity index (χ1n) is 9.15. The maximum Gasteiger partial charge on any atom is 0.269 e. The molecule has 0 amide bonds. The summed E-state index contributed by atoms with van der Waals surface area (Å²) >= 11 is 0. The number of non-ortho nitro benzene ring substituents is 1. The summed E-state index contributed by atoms with van der Waals surface area (Å²) < 4.78 is 0. The Morgan fingerprint density at radius 1 is 0.880 bits per heavy atom. The molecular formula is C19H25N3O3. The van der Waals surface area contributed by atoms with Gasteiger partial charge in [0.25, 0.3) is 5.69 Å². The van der Waals surface area contributed by atoms with Crippen LogP contribution >= 0.6 is 0 Å². The predicted octanol–water partition coefficient (Wildman–Crippen LogP) is 3.59. The van der Waals surface area contributed by atoms with E-state index in [9.17, 15) is 14.9 Å². The maximum atomic E-state index is 12.7. The van der Waals surface area contributed by atoms with E-state index in [-0.39, 0.29) is 11.5 Å². The molecule has 0 atom stereocenters. The van der Waals surface area contributed by atoms with Crippen LogP contribution < -0.4 is 0 Å². The zero-order valence-electron chi connectivity index (χ0n) is 14.5. The van der Waals surface area contributed by atoms with Gasteiger partial charge in [-0.2, -0.15) is 0 Å². The number of benzene rings is 1. The van der Waals surface area contributed by atoms with E-state index in [2.05, 4.69) is 9.80 Å². The van der Waals surface area contributed by atoms with E-state index in [1.165, 1.54) is 25.0 Å². The van der Waals surface area contributed by atoms with Crippen LogP contribution in [-0.4, -0.2) is 46.7 Å². The molecule has 2 aliphatic rings. The minimum Gasteiger partial charge on any atom is -0.358 e. The summed E-state index contributed by atoms with van der Waals surface area (Å²) in [7, 11) is 0. The van der Waals surface area contributed by atoms with Crippen LogP contribution in [0.25, 0.3) is 0 Å². The molecule has 0 N–H and O–H groups in total. The number of nitro benzene ring substituents is 1. The zero-order chi connectivity index (χ0) is 17.6. The van der Waals surface area contributed by atoms with Gasteiger partial charge in [-0.15, -0.1) is 0 Å². The molecule has 0 saturated carbocycles. The third-order valence-electron chi connectivity index (χ3n) is 4.98. The number of allylic oxidation sites excluding steroid dienone is 1. The molecule has 0 aromatic heterocycles. The molecule has 0 unspecified atom stereocenters. The summed E-state index contributed by atoms with van der Waals surface area (Å²) in [5.41, 5.74) is 0.505. The van der Waals surface area contributed by atoms with Gasteiger partial charge in [0, 0.05) is 50.0 Å². The van der Waals surface area contributed by atoms with Crippen molar-refractivity contribution < 1.29 is 9.72 Å². The largest absolute Gasteiger partial charge is 0.358 e. The minimum absolute atomic E-state index is 0.00724. The highest BCUT2D eigenvalue weighted by atomic mass is 16.6. The molecule has 25 heavy (non-hydrogen) atoms. The molecule has 2 heterocycles. The Morgan fingerprint density at radius 3 is 1.80 bits per heavy atom. The van der Waals surface area contributed by atoms with Gasteiger partial charge >= 0.3 is 0 Å². The molecule has 1 aromatic carbocycles. The number of hydrogen-bond donors (Lipinski definition) is 0. The number of carbonyl (C=O) groups is 1. The van der Waals surface area contributed by atoms with Crippen LogP contribution in [0, 0.1) is 10.1 Å². The van der Waals surface area contributed by atoms with Crippen molar-refractivity contribution in [2.45, 2.75) is 38.5 Å². The molecule has 2 fully saturated rings. The Bertz CT molecular complexity index is 622. The number of carbonyl (C=O) groups excluding carboxylic acids is 1. The fraction of sp³-hybridized carbons (Fsp3) is 0.526. The number of likely N-dealkylation sites (tertiary alicyclic amines) is 2.